The number of carbonyl (C=O) groups is 1. The molecule has 0 radical (unpaired) electrons. The first-order valence-electron chi connectivity index (χ1n) is 7.89. The summed E-state index contributed by atoms with van der Waals surface area (Å²) < 4.78 is 19.9. The Bertz CT molecular complexity index is 937. The van der Waals surface area contributed by atoms with Crippen LogP contribution in [0.4, 0.5) is 15.2 Å². The van der Waals surface area contributed by atoms with Crippen molar-refractivity contribution >= 4 is 38.3 Å². The molecule has 0 spiro atoms. The molecule has 5 nitrogen and oxygen atoms in total. The van der Waals surface area contributed by atoms with Crippen LogP contribution in [0.1, 0.15) is 0 Å². The summed E-state index contributed by atoms with van der Waals surface area (Å²) in [5.41, 5.74) is 1.11. The fraction of sp³-hybridized carbons (Fsp3) is 0.222. The Morgan fingerprint density at radius 3 is 2.88 bits per heavy atom. The van der Waals surface area contributed by atoms with Crippen LogP contribution in [0.2, 0.25) is 0 Å². The van der Waals surface area contributed by atoms with E-state index >= 15 is 0 Å². The second kappa shape index (κ2) is 6.33. The smallest absolute Gasteiger partial charge is 0.231 e. The Morgan fingerprint density at radius 1 is 1.32 bits per heavy atom. The summed E-state index contributed by atoms with van der Waals surface area (Å²) in [7, 11) is 1.63. The molecule has 0 aliphatic carbocycles. The molecule has 0 bridgehead atoms. The number of hydrogen-bond acceptors (Lipinski definition) is 5. The zero-order chi connectivity index (χ0) is 17.4. The second-order valence-corrected chi connectivity index (χ2v) is 6.91. The average Bonchev–Trinajstić information content (AvgIpc) is 2.98. The van der Waals surface area contributed by atoms with Crippen LogP contribution >= 0.6 is 11.3 Å². The molecule has 128 valence electrons. The van der Waals surface area contributed by atoms with E-state index in [-0.39, 0.29) is 17.5 Å². The predicted molar refractivity (Wildman–Crippen MR) is 96.9 cm³/mol. The van der Waals surface area contributed by atoms with Crippen LogP contribution in [0.5, 0.6) is 5.75 Å². The minimum absolute atomic E-state index is 0.163. The van der Waals surface area contributed by atoms with Crippen LogP contribution in [0.15, 0.2) is 42.5 Å². The van der Waals surface area contributed by atoms with E-state index in [1.54, 1.807) is 36.6 Å². The van der Waals surface area contributed by atoms with E-state index in [0.717, 1.165) is 21.1 Å². The Balaban J connectivity index is 1.41. The highest BCUT2D eigenvalue weighted by Gasteiger charge is 2.34. The van der Waals surface area contributed by atoms with E-state index in [9.17, 15) is 9.18 Å². The third-order valence-electron chi connectivity index (χ3n) is 4.24. The maximum absolute atomic E-state index is 13.6. The highest BCUT2D eigenvalue weighted by Crippen LogP contribution is 2.34. The van der Waals surface area contributed by atoms with Gasteiger partial charge in [-0.25, -0.2) is 9.37 Å². The van der Waals surface area contributed by atoms with Gasteiger partial charge in [-0.15, -0.1) is 0 Å². The van der Waals surface area contributed by atoms with Crippen LogP contribution in [0, 0.1) is 11.7 Å². The van der Waals surface area contributed by atoms with Gasteiger partial charge in [-0.2, -0.15) is 0 Å². The fourth-order valence-corrected chi connectivity index (χ4v) is 3.72. The predicted octanol–water partition coefficient (Wildman–Crippen LogP) is 3.52. The van der Waals surface area contributed by atoms with Gasteiger partial charge >= 0.3 is 0 Å². The summed E-state index contributed by atoms with van der Waals surface area (Å²) in [6, 6.07) is 12.0. The van der Waals surface area contributed by atoms with Crippen molar-refractivity contribution in [1.29, 1.82) is 0 Å². The molecule has 25 heavy (non-hydrogen) atoms. The molecular formula is C18H16FN3O2S. The van der Waals surface area contributed by atoms with Gasteiger partial charge in [0, 0.05) is 19.2 Å². The van der Waals surface area contributed by atoms with Gasteiger partial charge in [0.2, 0.25) is 5.91 Å². The number of para-hydroxylation sites is 1. The minimum atomic E-state index is -0.424. The summed E-state index contributed by atoms with van der Waals surface area (Å²) in [5.74, 6) is 0.0209. The topological polar surface area (TPSA) is 54.5 Å². The maximum atomic E-state index is 13.6. The van der Waals surface area contributed by atoms with E-state index in [1.807, 2.05) is 18.2 Å². The number of nitrogens with one attached hydrogen (secondary N) is 1. The van der Waals surface area contributed by atoms with Gasteiger partial charge in [0.05, 0.1) is 28.9 Å². The minimum Gasteiger partial charge on any atom is -0.497 e. The molecular weight excluding hydrogens is 341 g/mol. The molecule has 0 atom stereocenters. The van der Waals surface area contributed by atoms with E-state index in [0.29, 0.717) is 13.1 Å². The number of nitrogens with zero attached hydrogens (tertiary/aromatic N) is 2. The molecule has 1 fully saturated rings. The summed E-state index contributed by atoms with van der Waals surface area (Å²) >= 11 is 1.59. The van der Waals surface area contributed by atoms with Crippen LogP contribution in [0.3, 0.4) is 0 Å². The first-order valence-corrected chi connectivity index (χ1v) is 8.70. The quantitative estimate of drug-likeness (QED) is 0.776. The van der Waals surface area contributed by atoms with Gasteiger partial charge in [0.1, 0.15) is 11.6 Å². The van der Waals surface area contributed by atoms with Gasteiger partial charge in [0.25, 0.3) is 0 Å². The van der Waals surface area contributed by atoms with Crippen LogP contribution < -0.4 is 15.0 Å². The number of fused-ring (bicyclic) bond motifs is 1. The number of anilines is 2. The van der Waals surface area contributed by atoms with Crippen molar-refractivity contribution in [2.75, 3.05) is 30.4 Å². The Labute approximate surface area is 148 Å². The number of carbonyl (C=O) groups excluding carboxylic acids is 1. The maximum Gasteiger partial charge on any atom is 0.231 e. The number of rotatable bonds is 4. The Kier molecular flexibility index (Phi) is 4.01. The Morgan fingerprint density at radius 2 is 2.12 bits per heavy atom. The van der Waals surface area contributed by atoms with Crippen molar-refractivity contribution in [3.8, 4) is 5.75 Å². The number of ether oxygens (including phenoxy) is 1. The van der Waals surface area contributed by atoms with Crippen LogP contribution in [-0.4, -0.2) is 31.1 Å². The van der Waals surface area contributed by atoms with Crippen molar-refractivity contribution in [2.24, 2.45) is 5.92 Å². The van der Waals surface area contributed by atoms with Gasteiger partial charge < -0.3 is 15.0 Å². The second-order valence-electron chi connectivity index (χ2n) is 5.90. The molecule has 2 heterocycles. The molecule has 1 saturated heterocycles. The molecule has 1 aliphatic rings. The standard InChI is InChI=1S/C18H16FN3O2S/c1-24-12-6-7-16-15(8-12)21-18(25-16)22-9-11(10-22)17(23)20-14-5-3-2-4-13(14)19/h2-8,11H,9-10H2,1H3,(H,20,23). The van der Waals surface area contributed by atoms with Gasteiger partial charge in [0.15, 0.2) is 5.13 Å². The number of halogens is 1. The fourth-order valence-electron chi connectivity index (χ4n) is 2.76. The molecule has 7 heteroatoms. The summed E-state index contributed by atoms with van der Waals surface area (Å²) in [5, 5.41) is 3.54. The molecule has 4 rings (SSSR count). The van der Waals surface area contributed by atoms with E-state index in [4.69, 9.17) is 4.74 Å². The van der Waals surface area contributed by atoms with E-state index in [2.05, 4.69) is 15.2 Å². The summed E-state index contributed by atoms with van der Waals surface area (Å²) in [6.07, 6.45) is 0. The van der Waals surface area contributed by atoms with Crippen molar-refractivity contribution in [2.45, 2.75) is 0 Å². The SMILES string of the molecule is COc1ccc2sc(N3CC(C(=O)Nc4ccccc4F)C3)nc2c1. The highest BCUT2D eigenvalue weighted by atomic mass is 32.1. The molecule has 1 amide bonds. The number of thiazole rings is 1. The number of benzene rings is 2. The number of amides is 1. The molecule has 3 aromatic rings. The molecule has 1 aromatic heterocycles. The lowest BCUT2D eigenvalue weighted by molar-refractivity contribution is -0.120. The van der Waals surface area contributed by atoms with Crippen molar-refractivity contribution in [1.82, 2.24) is 4.98 Å². The normalized spacial score (nSPS) is 14.4. The number of methoxy groups -OCH3 is 1. The third kappa shape index (κ3) is 3.02. The van der Waals surface area contributed by atoms with Crippen LogP contribution in [-0.2, 0) is 4.79 Å². The third-order valence-corrected chi connectivity index (χ3v) is 5.34. The lowest BCUT2D eigenvalue weighted by atomic mass is 10.00. The van der Waals surface area contributed by atoms with E-state index < -0.39 is 5.82 Å². The zero-order valence-corrected chi connectivity index (χ0v) is 14.3. The molecule has 2 aromatic carbocycles. The monoisotopic (exact) mass is 357 g/mol. The lowest BCUT2D eigenvalue weighted by Crippen LogP contribution is -2.52. The Hall–Kier alpha value is -2.67. The van der Waals surface area contributed by atoms with Crippen LogP contribution in [0.25, 0.3) is 10.2 Å². The lowest BCUT2D eigenvalue weighted by Gasteiger charge is -2.37. The average molecular weight is 357 g/mol. The summed E-state index contributed by atoms with van der Waals surface area (Å²) in [4.78, 5) is 18.9. The van der Waals surface area contributed by atoms with Crippen molar-refractivity contribution in [3.63, 3.8) is 0 Å². The number of hydrogen-bond donors (Lipinski definition) is 1. The number of aromatic nitrogens is 1. The first-order chi connectivity index (χ1) is 12.1. The molecule has 1 aliphatic heterocycles. The largest absolute Gasteiger partial charge is 0.497 e. The van der Waals surface area contributed by atoms with E-state index in [1.165, 1.54) is 6.07 Å². The molecule has 0 saturated carbocycles. The molecule has 1 N–H and O–H groups in total. The first kappa shape index (κ1) is 15.8. The van der Waals surface area contributed by atoms with Gasteiger partial charge in [-0.1, -0.05) is 23.5 Å². The van der Waals surface area contributed by atoms with Crippen molar-refractivity contribution < 1.29 is 13.9 Å². The van der Waals surface area contributed by atoms with Gasteiger partial charge in [-0.3, -0.25) is 4.79 Å². The highest BCUT2D eigenvalue weighted by molar-refractivity contribution is 7.22. The zero-order valence-electron chi connectivity index (χ0n) is 13.5. The van der Waals surface area contributed by atoms with Crippen molar-refractivity contribution in [3.05, 3.63) is 48.3 Å². The molecule has 0 unspecified atom stereocenters. The summed E-state index contributed by atoms with van der Waals surface area (Å²) in [6.45, 7) is 1.16. The van der Waals surface area contributed by atoms with Gasteiger partial charge in [-0.05, 0) is 24.3 Å².